The van der Waals surface area contributed by atoms with Gasteiger partial charge in [0.05, 0.1) is 5.54 Å². The first-order chi connectivity index (χ1) is 8.59. The van der Waals surface area contributed by atoms with Gasteiger partial charge in [0.2, 0.25) is 0 Å². The molecule has 0 aromatic heterocycles. The van der Waals surface area contributed by atoms with Crippen LogP contribution in [0.1, 0.15) is 34.6 Å². The van der Waals surface area contributed by atoms with E-state index in [2.05, 4.69) is 5.32 Å². The maximum absolute atomic E-state index is 11.9. The molecule has 1 aliphatic heterocycles. The fourth-order valence-corrected chi connectivity index (χ4v) is 1.96. The van der Waals surface area contributed by atoms with Crippen molar-refractivity contribution in [2.75, 3.05) is 12.2 Å². The normalized spacial score (nSPS) is 21.9. The molecule has 0 aromatic rings. The molecule has 1 rings (SSSR count). The lowest BCUT2D eigenvalue weighted by atomic mass is 9.85. The number of carbonyl (C=O) groups is 2. The summed E-state index contributed by atoms with van der Waals surface area (Å²) in [6.45, 7) is 8.98. The highest BCUT2D eigenvalue weighted by molar-refractivity contribution is 7.98. The van der Waals surface area contributed by atoms with Gasteiger partial charge in [0.1, 0.15) is 17.6 Å². The zero-order valence-corrected chi connectivity index (χ0v) is 13.1. The minimum absolute atomic E-state index is 0.259. The van der Waals surface area contributed by atoms with Gasteiger partial charge in [0, 0.05) is 0 Å². The predicted molar refractivity (Wildman–Crippen MR) is 73.5 cm³/mol. The molecule has 0 saturated carbocycles. The molecule has 110 valence electrons. The van der Waals surface area contributed by atoms with Crippen LogP contribution in [0, 0.1) is 0 Å². The summed E-state index contributed by atoms with van der Waals surface area (Å²) in [5.74, 6) is 0.138. The summed E-state index contributed by atoms with van der Waals surface area (Å²) >= 11 is 1.48. The van der Waals surface area contributed by atoms with Crippen LogP contribution in [-0.2, 0) is 14.4 Å². The van der Waals surface area contributed by atoms with Gasteiger partial charge >= 0.3 is 6.09 Å². The van der Waals surface area contributed by atoms with Crippen LogP contribution in [0.3, 0.4) is 0 Å². The van der Waals surface area contributed by atoms with Crippen molar-refractivity contribution in [1.29, 1.82) is 0 Å². The van der Waals surface area contributed by atoms with E-state index in [0.717, 1.165) is 0 Å². The van der Waals surface area contributed by atoms with E-state index in [1.165, 1.54) is 16.8 Å². The van der Waals surface area contributed by atoms with E-state index in [-0.39, 0.29) is 5.91 Å². The van der Waals surface area contributed by atoms with Gasteiger partial charge in [-0.2, -0.15) is 0 Å². The molecular formula is C12H22N2O4S. The van der Waals surface area contributed by atoms with E-state index in [0.29, 0.717) is 5.94 Å². The Morgan fingerprint density at radius 1 is 1.47 bits per heavy atom. The Kier molecular flexibility index (Phi) is 4.73. The Bertz CT molecular complexity index is 365. The zero-order chi connectivity index (χ0) is 14.8. The molecule has 0 radical (unpaired) electrons. The van der Waals surface area contributed by atoms with Gasteiger partial charge in [-0.05, 0) is 40.9 Å². The van der Waals surface area contributed by atoms with Crippen LogP contribution in [0.4, 0.5) is 4.79 Å². The van der Waals surface area contributed by atoms with Crippen molar-refractivity contribution in [1.82, 2.24) is 10.4 Å². The van der Waals surface area contributed by atoms with Gasteiger partial charge < -0.3 is 10.1 Å². The summed E-state index contributed by atoms with van der Waals surface area (Å²) in [7, 11) is 0. The third-order valence-corrected chi connectivity index (χ3v) is 2.98. The number of thioether (sulfide) groups is 1. The summed E-state index contributed by atoms with van der Waals surface area (Å²) in [5, 5.41) is 3.88. The van der Waals surface area contributed by atoms with E-state index < -0.39 is 23.3 Å². The number of amides is 2. The van der Waals surface area contributed by atoms with Crippen molar-refractivity contribution < 1.29 is 19.2 Å². The molecular weight excluding hydrogens is 268 g/mol. The molecule has 0 bridgehead atoms. The van der Waals surface area contributed by atoms with Crippen LogP contribution in [0.15, 0.2) is 0 Å². The molecule has 19 heavy (non-hydrogen) atoms. The van der Waals surface area contributed by atoms with Crippen LogP contribution < -0.4 is 5.32 Å². The molecule has 7 heteroatoms. The third kappa shape index (κ3) is 3.76. The Morgan fingerprint density at radius 3 is 2.47 bits per heavy atom. The second-order valence-corrected chi connectivity index (χ2v) is 6.71. The Morgan fingerprint density at radius 2 is 2.05 bits per heavy atom. The van der Waals surface area contributed by atoms with Crippen LogP contribution in [-0.4, -0.2) is 46.4 Å². The number of carbonyl (C=O) groups excluding carboxylic acids is 2. The van der Waals surface area contributed by atoms with Crippen molar-refractivity contribution in [3.8, 4) is 0 Å². The summed E-state index contributed by atoms with van der Waals surface area (Å²) in [4.78, 5) is 28.9. The average Bonchev–Trinajstić information content (AvgIpc) is 2.23. The van der Waals surface area contributed by atoms with Gasteiger partial charge in [-0.3, -0.25) is 9.63 Å². The molecule has 0 spiro atoms. The highest BCUT2D eigenvalue weighted by atomic mass is 32.2. The van der Waals surface area contributed by atoms with Crippen molar-refractivity contribution in [2.45, 2.75) is 51.8 Å². The monoisotopic (exact) mass is 290 g/mol. The highest BCUT2D eigenvalue weighted by Gasteiger charge is 2.56. The third-order valence-electron chi connectivity index (χ3n) is 2.64. The smallest absolute Gasteiger partial charge is 0.408 e. The molecule has 1 saturated heterocycles. The molecule has 1 aliphatic rings. The number of hydrogen-bond acceptors (Lipinski definition) is 5. The maximum atomic E-state index is 11.9. The number of hydrogen-bond donors (Lipinski definition) is 1. The molecule has 1 fully saturated rings. The SMILES string of the molecule is CSCON1C(=O)[C@@H](NC(=O)OC(C)(C)C)C1(C)C. The quantitative estimate of drug-likeness (QED) is 0.631. The van der Waals surface area contributed by atoms with E-state index >= 15 is 0 Å². The maximum Gasteiger partial charge on any atom is 0.408 e. The van der Waals surface area contributed by atoms with Crippen molar-refractivity contribution in [3.63, 3.8) is 0 Å². The summed E-state index contributed by atoms with van der Waals surface area (Å²) in [5.41, 5.74) is -1.17. The number of alkyl carbamates (subject to hydrolysis) is 1. The first kappa shape index (κ1) is 16.1. The van der Waals surface area contributed by atoms with Crippen LogP contribution in [0.25, 0.3) is 0 Å². The number of ether oxygens (including phenoxy) is 1. The average molecular weight is 290 g/mol. The number of hydroxylamine groups is 2. The van der Waals surface area contributed by atoms with E-state index in [1.54, 1.807) is 20.8 Å². The number of β-lactam (4-membered cyclic amide) rings is 1. The van der Waals surface area contributed by atoms with Crippen LogP contribution >= 0.6 is 11.8 Å². The molecule has 2 amide bonds. The lowest BCUT2D eigenvalue weighted by Crippen LogP contribution is -2.76. The molecule has 0 aromatic carbocycles. The zero-order valence-electron chi connectivity index (χ0n) is 12.3. The largest absolute Gasteiger partial charge is 0.444 e. The fraction of sp³-hybridized carbons (Fsp3) is 0.833. The second-order valence-electron chi connectivity index (χ2n) is 5.90. The number of rotatable bonds is 4. The van der Waals surface area contributed by atoms with Crippen molar-refractivity contribution in [2.24, 2.45) is 0 Å². The van der Waals surface area contributed by atoms with Crippen LogP contribution in [0.2, 0.25) is 0 Å². The Labute approximate surface area is 118 Å². The van der Waals surface area contributed by atoms with Gasteiger partial charge in [0.25, 0.3) is 5.91 Å². The van der Waals surface area contributed by atoms with Gasteiger partial charge in [-0.15, -0.1) is 11.8 Å². The van der Waals surface area contributed by atoms with E-state index in [9.17, 15) is 9.59 Å². The molecule has 6 nitrogen and oxygen atoms in total. The van der Waals surface area contributed by atoms with Gasteiger partial charge in [-0.25, -0.2) is 9.86 Å². The fourth-order valence-electron chi connectivity index (χ4n) is 1.75. The Balaban J connectivity index is 2.57. The lowest BCUT2D eigenvalue weighted by Gasteiger charge is -2.51. The minimum Gasteiger partial charge on any atom is -0.444 e. The molecule has 1 N–H and O–H groups in total. The standard InChI is InChI=1S/C12H22N2O4S/c1-11(2,3)18-10(16)13-8-9(15)14(12(8,4)5)17-7-19-6/h8H,7H2,1-6H3,(H,13,16)/t8-/m1/s1. The van der Waals surface area contributed by atoms with Crippen LogP contribution in [0.5, 0.6) is 0 Å². The van der Waals surface area contributed by atoms with Gasteiger partial charge in [0.15, 0.2) is 0 Å². The number of nitrogens with zero attached hydrogens (tertiary/aromatic N) is 1. The Hall–Kier alpha value is -0.950. The summed E-state index contributed by atoms with van der Waals surface area (Å²) in [6, 6.07) is -0.621. The first-order valence-electron chi connectivity index (χ1n) is 6.05. The number of nitrogens with one attached hydrogen (secondary N) is 1. The van der Waals surface area contributed by atoms with Gasteiger partial charge in [-0.1, -0.05) is 0 Å². The molecule has 0 unspecified atom stereocenters. The van der Waals surface area contributed by atoms with Crippen molar-refractivity contribution >= 4 is 23.8 Å². The lowest BCUT2D eigenvalue weighted by molar-refractivity contribution is -0.248. The van der Waals surface area contributed by atoms with Crippen molar-refractivity contribution in [3.05, 3.63) is 0 Å². The molecule has 1 atom stereocenters. The minimum atomic E-state index is -0.621. The molecule has 1 heterocycles. The first-order valence-corrected chi connectivity index (χ1v) is 7.44. The highest BCUT2D eigenvalue weighted by Crippen LogP contribution is 2.32. The molecule has 0 aliphatic carbocycles. The van der Waals surface area contributed by atoms with E-state index in [4.69, 9.17) is 9.57 Å². The topological polar surface area (TPSA) is 67.9 Å². The predicted octanol–water partition coefficient (Wildman–Crippen LogP) is 1.75. The summed E-state index contributed by atoms with van der Waals surface area (Å²) in [6.07, 6.45) is 1.29. The second kappa shape index (κ2) is 5.58. The summed E-state index contributed by atoms with van der Waals surface area (Å²) < 4.78 is 5.14. The van der Waals surface area contributed by atoms with E-state index in [1.807, 2.05) is 20.1 Å².